The van der Waals surface area contributed by atoms with Gasteiger partial charge in [-0.2, -0.15) is 0 Å². The number of carbonyl (C=O) groups is 1. The molecule has 1 heterocycles. The Labute approximate surface area is 125 Å². The molecule has 0 amide bonds. The minimum absolute atomic E-state index is 0.0794. The van der Waals surface area contributed by atoms with Crippen molar-refractivity contribution < 1.29 is 23.1 Å². The van der Waals surface area contributed by atoms with E-state index in [1.165, 1.54) is 12.1 Å². The lowest BCUT2D eigenvalue weighted by atomic mass is 10.2. The lowest BCUT2D eigenvalue weighted by Crippen LogP contribution is -2.39. The summed E-state index contributed by atoms with van der Waals surface area (Å²) < 4.78 is 32.9. The van der Waals surface area contributed by atoms with Crippen molar-refractivity contribution in [3.05, 3.63) is 28.2 Å². The highest BCUT2D eigenvalue weighted by Gasteiger charge is 2.30. The molecule has 1 aromatic rings. The summed E-state index contributed by atoms with van der Waals surface area (Å²) in [6.45, 7) is 2.30. The highest BCUT2D eigenvalue weighted by molar-refractivity contribution is 9.10. The van der Waals surface area contributed by atoms with Gasteiger partial charge in [0.2, 0.25) is 10.0 Å². The van der Waals surface area contributed by atoms with Crippen molar-refractivity contribution in [1.29, 1.82) is 0 Å². The summed E-state index contributed by atoms with van der Waals surface area (Å²) in [6, 6.07) is 3.58. The molecule has 110 valence electrons. The lowest BCUT2D eigenvalue weighted by molar-refractivity contribution is 0.0696. The molecule has 0 aliphatic carbocycles. The topological polar surface area (TPSA) is 92.7 Å². The van der Waals surface area contributed by atoms with Crippen molar-refractivity contribution in [3.8, 4) is 0 Å². The zero-order valence-electron chi connectivity index (χ0n) is 10.7. The average Bonchev–Trinajstić information content (AvgIpc) is 2.74. The van der Waals surface area contributed by atoms with Crippen LogP contribution in [-0.4, -0.2) is 38.2 Å². The van der Waals surface area contributed by atoms with Gasteiger partial charge >= 0.3 is 5.97 Å². The van der Waals surface area contributed by atoms with Crippen LogP contribution in [0.3, 0.4) is 0 Å². The van der Waals surface area contributed by atoms with Crippen molar-refractivity contribution in [2.75, 3.05) is 6.61 Å². The Hall–Kier alpha value is -0.960. The molecule has 1 fully saturated rings. The predicted molar refractivity (Wildman–Crippen MR) is 75.2 cm³/mol. The number of sulfonamides is 1. The van der Waals surface area contributed by atoms with Crippen molar-refractivity contribution in [2.24, 2.45) is 0 Å². The Morgan fingerprint density at radius 3 is 2.75 bits per heavy atom. The van der Waals surface area contributed by atoms with Gasteiger partial charge in [0.1, 0.15) is 0 Å². The molecular formula is C12H14BrNO5S. The molecule has 2 rings (SSSR count). The number of hydrogen-bond donors (Lipinski definition) is 2. The monoisotopic (exact) mass is 363 g/mol. The van der Waals surface area contributed by atoms with Gasteiger partial charge in [0.25, 0.3) is 0 Å². The van der Waals surface area contributed by atoms with Crippen LogP contribution in [-0.2, 0) is 14.8 Å². The fraction of sp³-hybridized carbons (Fsp3) is 0.417. The Morgan fingerprint density at radius 1 is 1.50 bits per heavy atom. The molecule has 1 saturated heterocycles. The molecule has 0 bridgehead atoms. The van der Waals surface area contributed by atoms with E-state index < -0.39 is 16.0 Å². The molecule has 0 aromatic heterocycles. The highest BCUT2D eigenvalue weighted by Crippen LogP contribution is 2.25. The van der Waals surface area contributed by atoms with Crippen LogP contribution in [0.5, 0.6) is 0 Å². The number of benzene rings is 1. The maximum atomic E-state index is 12.3. The second-order valence-corrected chi connectivity index (χ2v) is 7.08. The van der Waals surface area contributed by atoms with E-state index in [-0.39, 0.29) is 22.6 Å². The molecule has 2 atom stereocenters. The molecule has 2 unspecified atom stereocenters. The molecule has 0 radical (unpaired) electrons. The minimum atomic E-state index is -3.80. The largest absolute Gasteiger partial charge is 0.478 e. The Bertz CT molecular complexity index is 631. The third-order valence-corrected chi connectivity index (χ3v) is 5.63. The molecule has 8 heteroatoms. The van der Waals surface area contributed by atoms with E-state index in [0.29, 0.717) is 17.5 Å². The van der Waals surface area contributed by atoms with Gasteiger partial charge in [-0.3, -0.25) is 0 Å². The first kappa shape index (κ1) is 15.4. The molecule has 6 nitrogen and oxygen atoms in total. The summed E-state index contributed by atoms with van der Waals surface area (Å²) in [7, 11) is -3.80. The smallest absolute Gasteiger partial charge is 0.335 e. The van der Waals surface area contributed by atoms with Crippen molar-refractivity contribution in [2.45, 2.75) is 30.4 Å². The summed E-state index contributed by atoms with van der Waals surface area (Å²) in [4.78, 5) is 10.9. The Kier molecular flexibility index (Phi) is 4.48. The SMILES string of the molecule is CC1OCCC1NS(=O)(=O)c1cc(C(=O)O)ccc1Br. The predicted octanol–water partition coefficient (Wildman–Crippen LogP) is 1.60. The number of carboxylic acid groups (broad SMARTS) is 1. The maximum absolute atomic E-state index is 12.3. The molecule has 1 aromatic carbocycles. The molecular weight excluding hydrogens is 350 g/mol. The summed E-state index contributed by atoms with van der Waals surface area (Å²) in [5.41, 5.74) is -0.0794. The fourth-order valence-corrected chi connectivity index (χ4v) is 4.32. The van der Waals surface area contributed by atoms with E-state index >= 15 is 0 Å². The van der Waals surface area contributed by atoms with E-state index in [4.69, 9.17) is 9.84 Å². The summed E-state index contributed by atoms with van der Waals surface area (Å²) >= 11 is 3.14. The second-order valence-electron chi connectivity index (χ2n) is 4.54. The zero-order valence-corrected chi connectivity index (χ0v) is 13.1. The number of nitrogens with one attached hydrogen (secondary N) is 1. The molecule has 2 N–H and O–H groups in total. The first-order valence-electron chi connectivity index (χ1n) is 5.98. The molecule has 0 spiro atoms. The number of rotatable bonds is 4. The first-order chi connectivity index (χ1) is 9.31. The van der Waals surface area contributed by atoms with Gasteiger partial charge in [-0.15, -0.1) is 0 Å². The van der Waals surface area contributed by atoms with Crippen molar-refractivity contribution >= 4 is 31.9 Å². The van der Waals surface area contributed by atoms with Gasteiger partial charge < -0.3 is 9.84 Å². The van der Waals surface area contributed by atoms with E-state index in [1.807, 2.05) is 0 Å². The zero-order chi connectivity index (χ0) is 14.9. The second kappa shape index (κ2) is 5.80. The van der Waals surface area contributed by atoms with Gasteiger partial charge in [-0.25, -0.2) is 17.9 Å². The third kappa shape index (κ3) is 3.20. The number of ether oxygens (including phenoxy) is 1. The first-order valence-corrected chi connectivity index (χ1v) is 8.25. The van der Waals surface area contributed by atoms with Crippen LogP contribution >= 0.6 is 15.9 Å². The molecule has 0 saturated carbocycles. The standard InChI is InChI=1S/C12H14BrNO5S/c1-7-10(4-5-19-7)14-20(17,18)11-6-8(12(15)16)2-3-9(11)13/h2-3,6-7,10,14H,4-5H2,1H3,(H,15,16). The van der Waals surface area contributed by atoms with Gasteiger partial charge in [0.05, 0.1) is 22.6 Å². The fourth-order valence-electron chi connectivity index (χ4n) is 1.99. The average molecular weight is 364 g/mol. The summed E-state index contributed by atoms with van der Waals surface area (Å²) in [5, 5.41) is 8.94. The molecule has 20 heavy (non-hydrogen) atoms. The number of hydrogen-bond acceptors (Lipinski definition) is 4. The van der Waals surface area contributed by atoms with Crippen LogP contribution in [0.1, 0.15) is 23.7 Å². The van der Waals surface area contributed by atoms with Crippen LogP contribution < -0.4 is 4.72 Å². The maximum Gasteiger partial charge on any atom is 0.335 e. The molecule has 1 aliphatic rings. The van der Waals surface area contributed by atoms with Crippen molar-refractivity contribution in [1.82, 2.24) is 4.72 Å². The Morgan fingerprint density at radius 2 is 2.20 bits per heavy atom. The van der Waals surface area contributed by atoms with Gasteiger partial charge in [0.15, 0.2) is 0 Å². The van der Waals surface area contributed by atoms with E-state index in [0.717, 1.165) is 6.07 Å². The van der Waals surface area contributed by atoms with Crippen molar-refractivity contribution in [3.63, 3.8) is 0 Å². The Balaban J connectivity index is 2.33. The normalized spacial score (nSPS) is 22.9. The van der Waals surface area contributed by atoms with Crippen LogP contribution in [0.25, 0.3) is 0 Å². The van der Waals surface area contributed by atoms with Gasteiger partial charge in [-0.1, -0.05) is 0 Å². The summed E-state index contributed by atoms with van der Waals surface area (Å²) in [5.74, 6) is -1.17. The van der Waals surface area contributed by atoms with E-state index in [1.54, 1.807) is 6.92 Å². The van der Waals surface area contributed by atoms with Crippen LogP contribution in [0.2, 0.25) is 0 Å². The summed E-state index contributed by atoms with van der Waals surface area (Å²) in [6.07, 6.45) is 0.391. The molecule has 1 aliphatic heterocycles. The number of carboxylic acids is 1. The number of aromatic carboxylic acids is 1. The van der Waals surface area contributed by atoms with Gasteiger partial charge in [0, 0.05) is 11.1 Å². The third-order valence-electron chi connectivity index (χ3n) is 3.15. The minimum Gasteiger partial charge on any atom is -0.478 e. The van der Waals surface area contributed by atoms with Crippen LogP contribution in [0, 0.1) is 0 Å². The highest BCUT2D eigenvalue weighted by atomic mass is 79.9. The van der Waals surface area contributed by atoms with Gasteiger partial charge in [-0.05, 0) is 47.5 Å². The van der Waals surface area contributed by atoms with Crippen LogP contribution in [0.15, 0.2) is 27.6 Å². The van der Waals surface area contributed by atoms with Crippen LogP contribution in [0.4, 0.5) is 0 Å². The van der Waals surface area contributed by atoms with E-state index in [2.05, 4.69) is 20.7 Å². The van der Waals surface area contributed by atoms with E-state index in [9.17, 15) is 13.2 Å². The quantitative estimate of drug-likeness (QED) is 0.847. The lowest BCUT2D eigenvalue weighted by Gasteiger charge is -2.17. The number of halogens is 1.